The van der Waals surface area contributed by atoms with Crippen molar-refractivity contribution in [2.75, 3.05) is 0 Å². The summed E-state index contributed by atoms with van der Waals surface area (Å²) in [5.74, 6) is -0.920. The van der Waals surface area contributed by atoms with Gasteiger partial charge < -0.3 is 10.1 Å². The van der Waals surface area contributed by atoms with E-state index in [2.05, 4.69) is 4.98 Å². The first-order valence-corrected chi connectivity index (χ1v) is 5.89. The maximum Gasteiger partial charge on any atom is 0.303 e. The van der Waals surface area contributed by atoms with Gasteiger partial charge >= 0.3 is 5.97 Å². The summed E-state index contributed by atoms with van der Waals surface area (Å²) >= 11 is 6.02. The minimum atomic E-state index is -0.920. The molecule has 0 atom stereocenters. The Hall–Kier alpha value is -1.81. The molecule has 0 aliphatic rings. The molecule has 1 aromatic carbocycles. The first kappa shape index (κ1) is 12.6. The lowest BCUT2D eigenvalue weighted by atomic mass is 10.1. The minimum Gasteiger partial charge on any atom is -0.481 e. The number of aliphatic carboxylic acids is 1. The molecule has 0 unspecified atom stereocenters. The molecule has 0 bridgehead atoms. The second-order valence-electron chi connectivity index (χ2n) is 4.21. The lowest BCUT2D eigenvalue weighted by Crippen LogP contribution is -2.13. The summed E-state index contributed by atoms with van der Waals surface area (Å²) in [6.45, 7) is 1.86. The monoisotopic (exact) mass is 265 g/mol. The molecular formula is C13H12ClNO3. The number of H-pyrrole nitrogens is 1. The lowest BCUT2D eigenvalue weighted by Gasteiger charge is -2.05. The summed E-state index contributed by atoms with van der Waals surface area (Å²) in [6.07, 6.45) is 0.153. The molecule has 2 rings (SSSR count). The first-order chi connectivity index (χ1) is 8.47. The number of fused-ring (bicyclic) bond motifs is 1. The van der Waals surface area contributed by atoms with Crippen molar-refractivity contribution in [1.29, 1.82) is 0 Å². The molecule has 94 valence electrons. The van der Waals surface area contributed by atoms with Crippen molar-refractivity contribution in [3.05, 3.63) is 44.7 Å². The average molecular weight is 266 g/mol. The highest BCUT2D eigenvalue weighted by atomic mass is 35.5. The molecule has 0 aliphatic heterocycles. The number of benzene rings is 1. The van der Waals surface area contributed by atoms with Gasteiger partial charge in [-0.3, -0.25) is 9.59 Å². The number of hydrogen-bond donors (Lipinski definition) is 2. The second-order valence-corrected chi connectivity index (χ2v) is 4.61. The summed E-state index contributed by atoms with van der Waals surface area (Å²) < 4.78 is 0. The number of carbonyl (C=O) groups is 1. The highest BCUT2D eigenvalue weighted by Gasteiger charge is 2.07. The van der Waals surface area contributed by atoms with E-state index in [4.69, 9.17) is 16.7 Å². The van der Waals surface area contributed by atoms with Gasteiger partial charge in [-0.05, 0) is 42.5 Å². The zero-order chi connectivity index (χ0) is 13.3. The Labute approximate surface area is 108 Å². The quantitative estimate of drug-likeness (QED) is 0.896. The number of aromatic amines is 1. The summed E-state index contributed by atoms with van der Waals surface area (Å²) in [5.41, 5.74) is 1.81. The van der Waals surface area contributed by atoms with E-state index in [0.717, 1.165) is 10.9 Å². The SMILES string of the molecule is Cc1cc2[nH]c(=O)c(CCC(=O)O)cc2cc1Cl. The summed E-state index contributed by atoms with van der Waals surface area (Å²) in [5, 5.41) is 10.1. The standard InChI is InChI=1S/C13H12ClNO3/c1-7-4-11-9(6-10(7)14)5-8(13(18)15-11)2-3-12(16)17/h4-6H,2-3H2,1H3,(H,15,18)(H,16,17). The molecule has 1 heterocycles. The van der Waals surface area contributed by atoms with Crippen LogP contribution in [0.3, 0.4) is 0 Å². The molecule has 0 amide bonds. The molecule has 1 aromatic heterocycles. The van der Waals surface area contributed by atoms with Crippen LogP contribution in [0.4, 0.5) is 0 Å². The highest BCUT2D eigenvalue weighted by molar-refractivity contribution is 6.32. The molecule has 0 saturated carbocycles. The predicted molar refractivity (Wildman–Crippen MR) is 70.3 cm³/mol. The number of halogens is 1. The first-order valence-electron chi connectivity index (χ1n) is 5.51. The average Bonchev–Trinajstić information content (AvgIpc) is 2.29. The molecule has 0 fully saturated rings. The van der Waals surface area contributed by atoms with E-state index in [9.17, 15) is 9.59 Å². The molecule has 0 spiro atoms. The van der Waals surface area contributed by atoms with Crippen LogP contribution >= 0.6 is 11.6 Å². The van der Waals surface area contributed by atoms with Crippen molar-refractivity contribution in [3.8, 4) is 0 Å². The fourth-order valence-electron chi connectivity index (χ4n) is 1.81. The highest BCUT2D eigenvalue weighted by Crippen LogP contribution is 2.22. The fourth-order valence-corrected chi connectivity index (χ4v) is 1.98. The number of hydrogen-bond acceptors (Lipinski definition) is 2. The lowest BCUT2D eigenvalue weighted by molar-refractivity contribution is -0.136. The Kier molecular flexibility index (Phi) is 3.39. The maximum atomic E-state index is 11.8. The van der Waals surface area contributed by atoms with E-state index in [1.165, 1.54) is 0 Å². The van der Waals surface area contributed by atoms with Crippen molar-refractivity contribution in [2.45, 2.75) is 19.8 Å². The van der Waals surface area contributed by atoms with Crippen LogP contribution in [-0.4, -0.2) is 16.1 Å². The summed E-state index contributed by atoms with van der Waals surface area (Å²) in [7, 11) is 0. The molecule has 18 heavy (non-hydrogen) atoms. The van der Waals surface area contributed by atoms with E-state index in [-0.39, 0.29) is 18.4 Å². The third-order valence-corrected chi connectivity index (χ3v) is 3.22. The largest absolute Gasteiger partial charge is 0.481 e. The van der Waals surface area contributed by atoms with Gasteiger partial charge in [0.15, 0.2) is 0 Å². The van der Waals surface area contributed by atoms with E-state index < -0.39 is 5.97 Å². The van der Waals surface area contributed by atoms with Gasteiger partial charge in [0.2, 0.25) is 0 Å². The van der Waals surface area contributed by atoms with Crippen LogP contribution in [0.2, 0.25) is 5.02 Å². The van der Waals surface area contributed by atoms with Crippen LogP contribution in [0.5, 0.6) is 0 Å². The smallest absolute Gasteiger partial charge is 0.303 e. The van der Waals surface area contributed by atoms with E-state index >= 15 is 0 Å². The Balaban J connectivity index is 2.50. The van der Waals surface area contributed by atoms with Crippen molar-refractivity contribution in [1.82, 2.24) is 4.98 Å². The second kappa shape index (κ2) is 4.82. The van der Waals surface area contributed by atoms with Crippen LogP contribution in [0, 0.1) is 6.92 Å². The van der Waals surface area contributed by atoms with Gasteiger partial charge in [-0.15, -0.1) is 0 Å². The molecule has 0 saturated heterocycles. The maximum absolute atomic E-state index is 11.8. The molecule has 0 radical (unpaired) electrons. The number of aromatic nitrogens is 1. The van der Waals surface area contributed by atoms with Crippen LogP contribution in [0.15, 0.2) is 23.0 Å². The third-order valence-electron chi connectivity index (χ3n) is 2.81. The number of rotatable bonds is 3. The Morgan fingerprint density at radius 1 is 1.39 bits per heavy atom. The fraction of sp³-hybridized carbons (Fsp3) is 0.231. The van der Waals surface area contributed by atoms with Gasteiger partial charge in [-0.2, -0.15) is 0 Å². The third kappa shape index (κ3) is 2.54. The number of aryl methyl sites for hydroxylation is 2. The number of carboxylic acid groups (broad SMARTS) is 1. The number of pyridine rings is 1. The Morgan fingerprint density at radius 3 is 2.78 bits per heavy atom. The molecule has 0 aliphatic carbocycles. The van der Waals surface area contributed by atoms with Crippen LogP contribution < -0.4 is 5.56 Å². The normalized spacial score (nSPS) is 10.8. The number of carboxylic acids is 1. The van der Waals surface area contributed by atoms with E-state index in [1.54, 1.807) is 18.2 Å². The van der Waals surface area contributed by atoms with Crippen molar-refractivity contribution in [3.63, 3.8) is 0 Å². The van der Waals surface area contributed by atoms with Gasteiger partial charge in [0, 0.05) is 22.5 Å². The van der Waals surface area contributed by atoms with Gasteiger partial charge in [0.05, 0.1) is 0 Å². The van der Waals surface area contributed by atoms with E-state index in [1.807, 2.05) is 6.92 Å². The van der Waals surface area contributed by atoms with E-state index in [0.29, 0.717) is 16.1 Å². The van der Waals surface area contributed by atoms with Gasteiger partial charge in [-0.25, -0.2) is 0 Å². The molecule has 4 nitrogen and oxygen atoms in total. The summed E-state index contributed by atoms with van der Waals surface area (Å²) in [6, 6.07) is 5.27. The zero-order valence-electron chi connectivity index (χ0n) is 9.79. The molecule has 2 aromatic rings. The predicted octanol–water partition coefficient (Wildman–Crippen LogP) is 2.51. The Bertz CT molecular complexity index is 676. The van der Waals surface area contributed by atoms with Crippen molar-refractivity contribution in [2.24, 2.45) is 0 Å². The minimum absolute atomic E-state index is 0.0613. The van der Waals surface area contributed by atoms with Crippen LogP contribution in [0.25, 0.3) is 10.9 Å². The zero-order valence-corrected chi connectivity index (χ0v) is 10.5. The van der Waals surface area contributed by atoms with Gasteiger partial charge in [-0.1, -0.05) is 11.6 Å². The molecule has 5 heteroatoms. The molecule has 2 N–H and O–H groups in total. The van der Waals surface area contributed by atoms with Crippen molar-refractivity contribution < 1.29 is 9.90 Å². The summed E-state index contributed by atoms with van der Waals surface area (Å²) in [4.78, 5) is 25.0. The molecular weight excluding hydrogens is 254 g/mol. The van der Waals surface area contributed by atoms with Crippen molar-refractivity contribution >= 4 is 28.5 Å². The topological polar surface area (TPSA) is 70.2 Å². The van der Waals surface area contributed by atoms with Gasteiger partial charge in [0.25, 0.3) is 5.56 Å². The Morgan fingerprint density at radius 2 is 2.11 bits per heavy atom. The van der Waals surface area contributed by atoms with Crippen LogP contribution in [0.1, 0.15) is 17.5 Å². The number of nitrogens with one attached hydrogen (secondary N) is 1. The van der Waals surface area contributed by atoms with Gasteiger partial charge in [0.1, 0.15) is 0 Å². The van der Waals surface area contributed by atoms with Crippen LogP contribution in [-0.2, 0) is 11.2 Å².